The average molecular weight is 590 g/mol. The Morgan fingerprint density at radius 1 is 1.10 bits per heavy atom. The van der Waals surface area contributed by atoms with E-state index in [0.717, 1.165) is 27.6 Å². The molecule has 0 fully saturated rings. The van der Waals surface area contributed by atoms with Crippen molar-refractivity contribution in [3.63, 3.8) is 0 Å². The topological polar surface area (TPSA) is 74.1 Å². The van der Waals surface area contributed by atoms with E-state index in [2.05, 4.69) is 48.9 Å². The molecule has 0 radical (unpaired) electrons. The number of hydrogen-bond acceptors (Lipinski definition) is 7. The van der Waals surface area contributed by atoms with Crippen LogP contribution in [0.3, 0.4) is 0 Å². The summed E-state index contributed by atoms with van der Waals surface area (Å²) in [5.41, 5.74) is 3.88. The maximum Gasteiger partial charge on any atom is 0.573 e. The van der Waals surface area contributed by atoms with E-state index in [-0.39, 0.29) is 10.8 Å². The van der Waals surface area contributed by atoms with E-state index >= 15 is 0 Å². The van der Waals surface area contributed by atoms with Crippen LogP contribution in [0.5, 0.6) is 5.75 Å². The number of halogens is 3. The molecule has 0 saturated heterocycles. The summed E-state index contributed by atoms with van der Waals surface area (Å²) < 4.78 is 51.5. The van der Waals surface area contributed by atoms with Crippen molar-refractivity contribution in [1.29, 1.82) is 0 Å². The fourth-order valence-corrected chi connectivity index (χ4v) is 5.54. The number of thiazole rings is 1. The highest BCUT2D eigenvalue weighted by atomic mass is 32.1. The number of aromatic nitrogens is 4. The van der Waals surface area contributed by atoms with Crippen LogP contribution in [0.1, 0.15) is 37.6 Å². The van der Waals surface area contributed by atoms with Crippen LogP contribution < -0.4 is 10.1 Å². The molecule has 0 aliphatic rings. The minimum atomic E-state index is -4.79. The number of nitrogens with one attached hydrogen (secondary N) is 1. The lowest BCUT2D eigenvalue weighted by molar-refractivity contribution is -0.274. The molecular formula is C28H34F3N5O2SSi. The van der Waals surface area contributed by atoms with Gasteiger partial charge >= 0.3 is 6.36 Å². The Morgan fingerprint density at radius 2 is 1.85 bits per heavy atom. The normalized spacial score (nSPS) is 12.6. The second-order valence-corrected chi connectivity index (χ2v) is 16.8. The van der Waals surface area contributed by atoms with Gasteiger partial charge in [0.25, 0.3) is 0 Å². The highest BCUT2D eigenvalue weighted by molar-refractivity contribution is 7.13. The third-order valence-electron chi connectivity index (χ3n) is 7.10. The van der Waals surface area contributed by atoms with Crippen molar-refractivity contribution in [3.05, 3.63) is 64.9 Å². The number of anilines is 2. The van der Waals surface area contributed by atoms with E-state index in [9.17, 15) is 13.2 Å². The average Bonchev–Trinajstić information content (AvgIpc) is 3.53. The number of aryl methyl sites for hydroxylation is 1. The quantitative estimate of drug-likeness (QED) is 0.198. The zero-order valence-corrected chi connectivity index (χ0v) is 25.5. The largest absolute Gasteiger partial charge is 0.573 e. The Bertz CT molecular complexity index is 1460. The fourth-order valence-electron chi connectivity index (χ4n) is 3.90. The highest BCUT2D eigenvalue weighted by Crippen LogP contribution is 2.37. The second kappa shape index (κ2) is 11.3. The molecule has 40 heavy (non-hydrogen) atoms. The Morgan fingerprint density at radius 3 is 2.50 bits per heavy atom. The van der Waals surface area contributed by atoms with Gasteiger partial charge in [-0.05, 0) is 56.2 Å². The van der Waals surface area contributed by atoms with E-state index in [1.165, 1.54) is 23.5 Å². The van der Waals surface area contributed by atoms with Crippen molar-refractivity contribution in [3.8, 4) is 22.1 Å². The molecule has 0 atom stereocenters. The van der Waals surface area contributed by atoms with E-state index < -0.39 is 14.7 Å². The van der Waals surface area contributed by atoms with Gasteiger partial charge in [-0.2, -0.15) is 5.10 Å². The van der Waals surface area contributed by atoms with Gasteiger partial charge in [0.15, 0.2) is 8.32 Å². The summed E-state index contributed by atoms with van der Waals surface area (Å²) in [6.07, 6.45) is -0.669. The maximum absolute atomic E-state index is 13.0. The first-order valence-corrected chi connectivity index (χ1v) is 16.7. The molecule has 12 heteroatoms. The Balaban J connectivity index is 1.75. The molecule has 214 valence electrons. The van der Waals surface area contributed by atoms with Gasteiger partial charge in [0.05, 0.1) is 5.69 Å². The molecule has 3 aromatic heterocycles. The van der Waals surface area contributed by atoms with Gasteiger partial charge in [0.1, 0.15) is 22.3 Å². The molecule has 4 aromatic rings. The lowest BCUT2D eigenvalue weighted by Gasteiger charge is -2.36. The van der Waals surface area contributed by atoms with Gasteiger partial charge in [0, 0.05) is 53.3 Å². The van der Waals surface area contributed by atoms with E-state index in [4.69, 9.17) is 14.5 Å². The number of ether oxygens (including phenoxy) is 1. The summed E-state index contributed by atoms with van der Waals surface area (Å²) >= 11 is 1.50. The van der Waals surface area contributed by atoms with Gasteiger partial charge in [0.2, 0.25) is 0 Å². The molecule has 1 N–H and O–H groups in total. The van der Waals surface area contributed by atoms with Gasteiger partial charge in [-0.1, -0.05) is 26.8 Å². The lowest BCUT2D eigenvalue weighted by Crippen LogP contribution is -2.41. The molecule has 0 unspecified atom stereocenters. The van der Waals surface area contributed by atoms with Gasteiger partial charge in [-0.15, -0.1) is 24.5 Å². The standard InChI is InChI=1S/C28H34F3N5O2SSi/c1-18-17-23(36-14-11-22(35-36)26-32-13-16-39-26)20(12-15-37-40(6,7)27(3,4)5)25(33-18)34-21-9-8-10-24(19(21)2)38-28(29,30)31/h8-11,13-14,16-17H,12,15H2,1-7H3,(H,33,34). The van der Waals surface area contributed by atoms with Crippen molar-refractivity contribution < 1.29 is 22.3 Å². The molecule has 0 bridgehead atoms. The predicted octanol–water partition coefficient (Wildman–Crippen LogP) is 8.21. The number of hydrogen-bond donors (Lipinski definition) is 1. The summed E-state index contributed by atoms with van der Waals surface area (Å²) in [6.45, 7) is 14.9. The summed E-state index contributed by atoms with van der Waals surface area (Å²) in [5.74, 6) is 0.251. The summed E-state index contributed by atoms with van der Waals surface area (Å²) in [4.78, 5) is 9.11. The number of nitrogens with zero attached hydrogens (tertiary/aromatic N) is 4. The number of alkyl halides is 3. The summed E-state index contributed by atoms with van der Waals surface area (Å²) in [7, 11) is -2.02. The Hall–Kier alpha value is -3.22. The van der Waals surface area contributed by atoms with Crippen LogP contribution >= 0.6 is 11.3 Å². The van der Waals surface area contributed by atoms with E-state index in [1.807, 2.05) is 30.6 Å². The number of rotatable bonds is 9. The van der Waals surface area contributed by atoms with Crippen LogP contribution in [-0.2, 0) is 10.8 Å². The van der Waals surface area contributed by atoms with Crippen LogP contribution in [0.4, 0.5) is 24.7 Å². The molecule has 7 nitrogen and oxygen atoms in total. The maximum atomic E-state index is 13.0. The van der Waals surface area contributed by atoms with Crippen LogP contribution in [-0.4, -0.2) is 41.0 Å². The zero-order chi connectivity index (χ0) is 29.3. The predicted molar refractivity (Wildman–Crippen MR) is 155 cm³/mol. The molecule has 0 spiro atoms. The van der Waals surface area contributed by atoms with Crippen molar-refractivity contribution in [2.45, 2.75) is 65.5 Å². The monoisotopic (exact) mass is 589 g/mol. The van der Waals surface area contributed by atoms with Crippen LogP contribution in [0.15, 0.2) is 48.1 Å². The zero-order valence-electron chi connectivity index (χ0n) is 23.7. The van der Waals surface area contributed by atoms with Crippen LogP contribution in [0.25, 0.3) is 16.4 Å². The lowest BCUT2D eigenvalue weighted by atomic mass is 10.1. The van der Waals surface area contributed by atoms with Gasteiger partial charge in [-0.3, -0.25) is 0 Å². The Kier molecular flexibility index (Phi) is 8.43. The molecule has 3 heterocycles. The summed E-state index contributed by atoms with van der Waals surface area (Å²) in [5, 5.41) is 10.8. The van der Waals surface area contributed by atoms with Crippen molar-refractivity contribution in [1.82, 2.24) is 19.7 Å². The van der Waals surface area contributed by atoms with Gasteiger partial charge in [-0.25, -0.2) is 14.6 Å². The highest BCUT2D eigenvalue weighted by Gasteiger charge is 2.37. The number of benzene rings is 1. The SMILES string of the molecule is Cc1cc(-n2ccc(-c3nccs3)n2)c(CCO[Si](C)(C)C(C)(C)C)c(Nc2cccc(OC(F)(F)F)c2C)n1. The van der Waals surface area contributed by atoms with Crippen LogP contribution in [0.2, 0.25) is 18.1 Å². The third kappa shape index (κ3) is 6.91. The van der Waals surface area contributed by atoms with Gasteiger partial charge < -0.3 is 14.5 Å². The first-order chi connectivity index (χ1) is 18.6. The molecule has 4 rings (SSSR count). The van der Waals surface area contributed by atoms with E-state index in [0.29, 0.717) is 30.1 Å². The second-order valence-electron chi connectivity index (χ2n) is 11.1. The van der Waals surface area contributed by atoms with Crippen LogP contribution in [0, 0.1) is 13.8 Å². The first kappa shape index (κ1) is 29.8. The van der Waals surface area contributed by atoms with Crippen molar-refractivity contribution in [2.24, 2.45) is 0 Å². The molecule has 0 aliphatic carbocycles. The number of pyridine rings is 1. The molecular weight excluding hydrogens is 555 g/mol. The summed E-state index contributed by atoms with van der Waals surface area (Å²) in [6, 6.07) is 8.36. The first-order valence-electron chi connectivity index (χ1n) is 12.9. The smallest absolute Gasteiger partial charge is 0.416 e. The van der Waals surface area contributed by atoms with Crippen molar-refractivity contribution in [2.75, 3.05) is 11.9 Å². The molecule has 1 aromatic carbocycles. The Labute approximate surface area is 237 Å². The third-order valence-corrected chi connectivity index (χ3v) is 12.4. The van der Waals surface area contributed by atoms with E-state index in [1.54, 1.807) is 23.9 Å². The van der Waals surface area contributed by atoms with Crippen molar-refractivity contribution >= 4 is 31.2 Å². The molecule has 0 saturated carbocycles. The molecule has 0 amide bonds. The molecule has 0 aliphatic heterocycles. The minimum absolute atomic E-state index is 0.0447. The minimum Gasteiger partial charge on any atom is -0.416 e. The fraction of sp³-hybridized carbons (Fsp3) is 0.393.